The summed E-state index contributed by atoms with van der Waals surface area (Å²) in [6.45, 7) is 0.735. The molecule has 0 aliphatic carbocycles. The van der Waals surface area contributed by atoms with Crippen molar-refractivity contribution in [2.24, 2.45) is 5.92 Å². The standard InChI is InChI=1S/C16H15NO/c18-16(13-7-4-10-17-11-13)15-9-3-6-12-5-1-2-8-14(12)15/h1-6,8-10,13,17H,7,11H2. The Balaban J connectivity index is 2.03. The van der Waals surface area contributed by atoms with Gasteiger partial charge in [0.15, 0.2) is 5.78 Å². The zero-order chi connectivity index (χ0) is 12.4. The van der Waals surface area contributed by atoms with E-state index in [4.69, 9.17) is 0 Å². The molecule has 1 atom stereocenters. The minimum Gasteiger partial charge on any atom is -0.390 e. The topological polar surface area (TPSA) is 29.1 Å². The van der Waals surface area contributed by atoms with Crippen molar-refractivity contribution in [3.05, 3.63) is 60.3 Å². The molecular weight excluding hydrogens is 222 g/mol. The number of carbonyl (C=O) groups excluding carboxylic acids is 1. The number of ketones is 1. The van der Waals surface area contributed by atoms with E-state index in [1.807, 2.05) is 54.7 Å². The zero-order valence-corrected chi connectivity index (χ0v) is 10.1. The molecule has 2 heteroatoms. The molecule has 2 aromatic carbocycles. The lowest BCUT2D eigenvalue weighted by molar-refractivity contribution is 0.0921. The molecule has 1 aliphatic heterocycles. The lowest BCUT2D eigenvalue weighted by Gasteiger charge is -2.18. The van der Waals surface area contributed by atoms with E-state index in [0.29, 0.717) is 0 Å². The summed E-state index contributed by atoms with van der Waals surface area (Å²) in [4.78, 5) is 12.5. The monoisotopic (exact) mass is 237 g/mol. The highest BCUT2D eigenvalue weighted by atomic mass is 16.1. The molecule has 0 saturated heterocycles. The Morgan fingerprint density at radius 3 is 2.78 bits per heavy atom. The third-order valence-electron chi connectivity index (χ3n) is 3.45. The van der Waals surface area contributed by atoms with Crippen molar-refractivity contribution in [3.63, 3.8) is 0 Å². The van der Waals surface area contributed by atoms with E-state index in [2.05, 4.69) is 5.32 Å². The van der Waals surface area contributed by atoms with E-state index in [1.54, 1.807) is 0 Å². The minimum atomic E-state index is 0.0563. The average Bonchev–Trinajstić information content (AvgIpc) is 2.47. The van der Waals surface area contributed by atoms with E-state index < -0.39 is 0 Å². The Labute approximate surface area is 106 Å². The second-order valence-corrected chi connectivity index (χ2v) is 4.63. The van der Waals surface area contributed by atoms with Crippen molar-refractivity contribution in [2.45, 2.75) is 6.42 Å². The van der Waals surface area contributed by atoms with Crippen LogP contribution in [0.2, 0.25) is 0 Å². The van der Waals surface area contributed by atoms with Crippen LogP contribution in [-0.4, -0.2) is 12.3 Å². The van der Waals surface area contributed by atoms with E-state index in [9.17, 15) is 4.79 Å². The Hall–Kier alpha value is -2.09. The first-order valence-electron chi connectivity index (χ1n) is 6.26. The zero-order valence-electron chi connectivity index (χ0n) is 10.1. The molecule has 1 heterocycles. The fourth-order valence-electron chi connectivity index (χ4n) is 2.47. The van der Waals surface area contributed by atoms with Gasteiger partial charge in [-0.25, -0.2) is 0 Å². The number of benzene rings is 2. The van der Waals surface area contributed by atoms with Crippen LogP contribution < -0.4 is 5.32 Å². The fourth-order valence-corrected chi connectivity index (χ4v) is 2.47. The summed E-state index contributed by atoms with van der Waals surface area (Å²) >= 11 is 0. The smallest absolute Gasteiger partial charge is 0.168 e. The second kappa shape index (κ2) is 4.65. The van der Waals surface area contributed by atoms with E-state index in [0.717, 1.165) is 29.3 Å². The summed E-state index contributed by atoms with van der Waals surface area (Å²) in [6.07, 6.45) is 4.78. The Morgan fingerprint density at radius 2 is 1.94 bits per heavy atom. The van der Waals surface area contributed by atoms with Crippen LogP contribution in [0, 0.1) is 5.92 Å². The van der Waals surface area contributed by atoms with E-state index in [1.165, 1.54) is 0 Å². The van der Waals surface area contributed by atoms with Crippen LogP contribution >= 0.6 is 0 Å². The summed E-state index contributed by atoms with van der Waals surface area (Å²) in [5.41, 5.74) is 0.843. The first-order valence-corrected chi connectivity index (χ1v) is 6.26. The molecule has 0 amide bonds. The van der Waals surface area contributed by atoms with Crippen LogP contribution in [0.4, 0.5) is 0 Å². The van der Waals surface area contributed by atoms with Crippen LogP contribution in [0.25, 0.3) is 10.8 Å². The van der Waals surface area contributed by atoms with Crippen molar-refractivity contribution in [1.82, 2.24) is 5.32 Å². The number of nitrogens with one attached hydrogen (secondary N) is 1. The highest BCUT2D eigenvalue weighted by molar-refractivity contribution is 6.09. The summed E-state index contributed by atoms with van der Waals surface area (Å²) < 4.78 is 0. The quantitative estimate of drug-likeness (QED) is 0.813. The van der Waals surface area contributed by atoms with Gasteiger partial charge in [-0.2, -0.15) is 0 Å². The number of hydrogen-bond donors (Lipinski definition) is 1. The SMILES string of the molecule is O=C(c1cccc2ccccc12)C1CC=CNC1. The molecule has 1 aliphatic rings. The van der Waals surface area contributed by atoms with Gasteiger partial charge in [0.25, 0.3) is 0 Å². The predicted molar refractivity (Wildman–Crippen MR) is 73.5 cm³/mol. The number of fused-ring (bicyclic) bond motifs is 1. The Morgan fingerprint density at radius 1 is 1.11 bits per heavy atom. The van der Waals surface area contributed by atoms with Crippen LogP contribution in [-0.2, 0) is 0 Å². The predicted octanol–water partition coefficient (Wildman–Crippen LogP) is 3.15. The first kappa shape index (κ1) is 11.0. The lowest BCUT2D eigenvalue weighted by Crippen LogP contribution is -2.28. The third kappa shape index (κ3) is 1.90. The number of hydrogen-bond acceptors (Lipinski definition) is 2. The summed E-state index contributed by atoms with van der Waals surface area (Å²) in [5.74, 6) is 0.296. The van der Waals surface area contributed by atoms with Crippen molar-refractivity contribution < 1.29 is 4.79 Å². The summed E-state index contributed by atoms with van der Waals surface area (Å²) in [6, 6.07) is 14.0. The van der Waals surface area contributed by atoms with Gasteiger partial charge in [-0.05, 0) is 23.4 Å². The molecule has 0 fully saturated rings. The molecule has 0 saturated carbocycles. The van der Waals surface area contributed by atoms with E-state index in [-0.39, 0.29) is 11.7 Å². The molecule has 90 valence electrons. The molecule has 3 rings (SSSR count). The third-order valence-corrected chi connectivity index (χ3v) is 3.45. The molecule has 1 unspecified atom stereocenters. The number of Topliss-reactive ketones (excluding diaryl/α,β-unsaturated/α-hetero) is 1. The van der Waals surface area contributed by atoms with Crippen LogP contribution in [0.15, 0.2) is 54.7 Å². The van der Waals surface area contributed by atoms with Gasteiger partial charge < -0.3 is 5.32 Å². The van der Waals surface area contributed by atoms with Crippen LogP contribution in [0.5, 0.6) is 0 Å². The van der Waals surface area contributed by atoms with Crippen molar-refractivity contribution in [2.75, 3.05) is 6.54 Å². The first-order chi connectivity index (χ1) is 8.86. The maximum absolute atomic E-state index is 12.5. The number of carbonyl (C=O) groups is 1. The van der Waals surface area contributed by atoms with Crippen LogP contribution in [0.3, 0.4) is 0 Å². The molecule has 0 radical (unpaired) electrons. The molecule has 18 heavy (non-hydrogen) atoms. The molecule has 0 bridgehead atoms. The fraction of sp³-hybridized carbons (Fsp3) is 0.188. The number of allylic oxidation sites excluding steroid dienone is 1. The van der Waals surface area contributed by atoms with Gasteiger partial charge in [-0.1, -0.05) is 48.5 Å². The minimum absolute atomic E-state index is 0.0563. The average molecular weight is 237 g/mol. The Bertz CT molecular complexity index is 610. The van der Waals surface area contributed by atoms with Crippen molar-refractivity contribution in [1.29, 1.82) is 0 Å². The molecule has 2 nitrogen and oxygen atoms in total. The largest absolute Gasteiger partial charge is 0.390 e. The van der Waals surface area contributed by atoms with E-state index >= 15 is 0 Å². The maximum Gasteiger partial charge on any atom is 0.168 e. The molecule has 2 aromatic rings. The Kier molecular flexibility index (Phi) is 2.85. The van der Waals surface area contributed by atoms with Crippen molar-refractivity contribution in [3.8, 4) is 0 Å². The summed E-state index contributed by atoms with van der Waals surface area (Å²) in [7, 11) is 0. The van der Waals surface area contributed by atoms with Crippen LogP contribution in [0.1, 0.15) is 16.8 Å². The normalized spacial score (nSPS) is 18.6. The highest BCUT2D eigenvalue weighted by Crippen LogP contribution is 2.23. The number of rotatable bonds is 2. The van der Waals surface area contributed by atoms with Gasteiger partial charge in [-0.15, -0.1) is 0 Å². The van der Waals surface area contributed by atoms with Crippen molar-refractivity contribution >= 4 is 16.6 Å². The van der Waals surface area contributed by atoms with Gasteiger partial charge in [0.05, 0.1) is 0 Å². The van der Waals surface area contributed by atoms with Gasteiger partial charge in [0, 0.05) is 18.0 Å². The highest BCUT2D eigenvalue weighted by Gasteiger charge is 2.21. The summed E-state index contributed by atoms with van der Waals surface area (Å²) in [5, 5.41) is 5.31. The van der Waals surface area contributed by atoms with Gasteiger partial charge in [0.1, 0.15) is 0 Å². The second-order valence-electron chi connectivity index (χ2n) is 4.63. The maximum atomic E-state index is 12.5. The van der Waals surface area contributed by atoms with Gasteiger partial charge in [-0.3, -0.25) is 4.79 Å². The lowest BCUT2D eigenvalue weighted by atomic mass is 9.90. The van der Waals surface area contributed by atoms with Gasteiger partial charge in [0.2, 0.25) is 0 Å². The molecule has 0 aromatic heterocycles. The van der Waals surface area contributed by atoms with Gasteiger partial charge >= 0.3 is 0 Å². The molecular formula is C16H15NO. The molecule has 1 N–H and O–H groups in total. The molecule has 0 spiro atoms.